The summed E-state index contributed by atoms with van der Waals surface area (Å²) in [5, 5.41) is 11.9. The van der Waals surface area contributed by atoms with Crippen molar-refractivity contribution in [2.24, 2.45) is 5.92 Å². The van der Waals surface area contributed by atoms with Crippen LogP contribution in [0.25, 0.3) is 0 Å². The van der Waals surface area contributed by atoms with E-state index >= 15 is 0 Å². The first-order valence-electron chi connectivity index (χ1n) is 5.91. The number of carboxylic acid groups (broad SMARTS) is 1. The van der Waals surface area contributed by atoms with Crippen molar-refractivity contribution >= 4 is 39.4 Å². The monoisotopic (exact) mass is 347 g/mol. The van der Waals surface area contributed by atoms with Crippen LogP contribution in [0, 0.1) is 5.92 Å². The zero-order valence-corrected chi connectivity index (χ0v) is 12.8. The van der Waals surface area contributed by atoms with Gasteiger partial charge in [-0.25, -0.2) is 0 Å². The zero-order valence-electron chi connectivity index (χ0n) is 10.5. The first kappa shape index (κ1) is 16.0. The van der Waals surface area contributed by atoms with Crippen LogP contribution in [0.1, 0.15) is 30.1 Å². The van der Waals surface area contributed by atoms with E-state index in [0.29, 0.717) is 17.0 Å². The molecule has 104 valence electrons. The summed E-state index contributed by atoms with van der Waals surface area (Å²) in [6.45, 7) is 2.01. The number of amides is 1. The number of benzene rings is 1. The summed E-state index contributed by atoms with van der Waals surface area (Å²) in [7, 11) is 0. The Morgan fingerprint density at radius 1 is 1.47 bits per heavy atom. The third-order valence-electron chi connectivity index (χ3n) is 2.67. The van der Waals surface area contributed by atoms with Crippen molar-refractivity contribution in [2.45, 2.75) is 19.8 Å². The molecule has 1 aromatic rings. The van der Waals surface area contributed by atoms with Crippen LogP contribution in [0.4, 0.5) is 0 Å². The summed E-state index contributed by atoms with van der Waals surface area (Å²) in [6.07, 6.45) is 1.28. The smallest absolute Gasteiger partial charge is 0.308 e. The lowest BCUT2D eigenvalue weighted by molar-refractivity contribution is -0.141. The molecule has 0 aliphatic rings. The van der Waals surface area contributed by atoms with Crippen molar-refractivity contribution in [3.63, 3.8) is 0 Å². The van der Waals surface area contributed by atoms with Crippen LogP contribution in [0.2, 0.25) is 5.02 Å². The average molecular weight is 349 g/mol. The van der Waals surface area contributed by atoms with E-state index in [1.54, 1.807) is 18.2 Å². The molecule has 6 heteroatoms. The van der Waals surface area contributed by atoms with Crippen molar-refractivity contribution < 1.29 is 14.7 Å². The summed E-state index contributed by atoms with van der Waals surface area (Å²) in [5.74, 6) is -1.84. The molecule has 0 radical (unpaired) electrons. The lowest BCUT2D eigenvalue weighted by Crippen LogP contribution is -2.33. The minimum absolute atomic E-state index is 0.102. The summed E-state index contributed by atoms with van der Waals surface area (Å²) >= 11 is 9.19. The topological polar surface area (TPSA) is 66.4 Å². The average Bonchev–Trinajstić information content (AvgIpc) is 2.36. The van der Waals surface area contributed by atoms with E-state index in [4.69, 9.17) is 16.7 Å². The number of hydrogen-bond acceptors (Lipinski definition) is 2. The van der Waals surface area contributed by atoms with Crippen molar-refractivity contribution in [2.75, 3.05) is 6.54 Å². The molecule has 0 saturated carbocycles. The molecule has 0 saturated heterocycles. The predicted octanol–water partition coefficient (Wildman–Crippen LogP) is 3.33. The van der Waals surface area contributed by atoms with Gasteiger partial charge >= 0.3 is 5.97 Å². The number of halogens is 2. The van der Waals surface area contributed by atoms with E-state index in [0.717, 1.165) is 10.9 Å². The number of carbonyl (C=O) groups excluding carboxylic acids is 1. The van der Waals surface area contributed by atoms with E-state index in [2.05, 4.69) is 21.2 Å². The molecule has 0 aromatic heterocycles. The van der Waals surface area contributed by atoms with Gasteiger partial charge in [0.25, 0.3) is 5.91 Å². The molecule has 0 bridgehead atoms. The number of rotatable bonds is 6. The highest BCUT2D eigenvalue weighted by Crippen LogP contribution is 2.21. The molecule has 0 fully saturated rings. The van der Waals surface area contributed by atoms with Gasteiger partial charge in [0, 0.05) is 11.0 Å². The molecule has 1 aromatic carbocycles. The fraction of sp³-hybridized carbons (Fsp3) is 0.385. The quantitative estimate of drug-likeness (QED) is 0.828. The van der Waals surface area contributed by atoms with E-state index in [9.17, 15) is 9.59 Å². The van der Waals surface area contributed by atoms with Gasteiger partial charge in [0.1, 0.15) is 0 Å². The molecule has 19 heavy (non-hydrogen) atoms. The van der Waals surface area contributed by atoms with Crippen LogP contribution < -0.4 is 5.32 Å². The van der Waals surface area contributed by atoms with Gasteiger partial charge < -0.3 is 10.4 Å². The van der Waals surface area contributed by atoms with Gasteiger partial charge in [0.05, 0.1) is 16.5 Å². The first-order chi connectivity index (χ1) is 8.95. The minimum atomic E-state index is -0.900. The number of nitrogens with one attached hydrogen (secondary N) is 1. The predicted molar refractivity (Wildman–Crippen MR) is 77.5 cm³/mol. The number of hydrogen-bond donors (Lipinski definition) is 2. The summed E-state index contributed by atoms with van der Waals surface area (Å²) in [4.78, 5) is 22.9. The third kappa shape index (κ3) is 4.84. The molecule has 1 amide bonds. The molecule has 1 atom stereocenters. The van der Waals surface area contributed by atoms with Gasteiger partial charge in [-0.2, -0.15) is 0 Å². The van der Waals surface area contributed by atoms with Gasteiger partial charge in [0.2, 0.25) is 0 Å². The van der Waals surface area contributed by atoms with Crippen LogP contribution in [-0.4, -0.2) is 23.5 Å². The number of aliphatic carboxylic acids is 1. The second-order valence-corrected chi connectivity index (χ2v) is 5.48. The largest absolute Gasteiger partial charge is 0.481 e. The molecule has 1 unspecified atom stereocenters. The second-order valence-electron chi connectivity index (χ2n) is 4.16. The summed E-state index contributed by atoms with van der Waals surface area (Å²) in [5.41, 5.74) is 0.330. The van der Waals surface area contributed by atoms with Crippen LogP contribution in [0.15, 0.2) is 22.7 Å². The lowest BCUT2D eigenvalue weighted by Gasteiger charge is -2.13. The minimum Gasteiger partial charge on any atom is -0.481 e. The Morgan fingerprint density at radius 3 is 2.74 bits per heavy atom. The highest BCUT2D eigenvalue weighted by Gasteiger charge is 2.18. The lowest BCUT2D eigenvalue weighted by atomic mass is 10.0. The Morgan fingerprint density at radius 2 is 2.16 bits per heavy atom. The van der Waals surface area contributed by atoms with Crippen LogP contribution >= 0.6 is 27.5 Å². The molecular weight excluding hydrogens is 334 g/mol. The fourth-order valence-corrected chi connectivity index (χ4v) is 2.21. The highest BCUT2D eigenvalue weighted by molar-refractivity contribution is 9.10. The Balaban J connectivity index is 2.69. The van der Waals surface area contributed by atoms with Crippen molar-refractivity contribution in [1.29, 1.82) is 0 Å². The Kier molecular flexibility index (Phi) is 6.31. The molecule has 2 N–H and O–H groups in total. The Hall–Kier alpha value is -1.07. The maximum Gasteiger partial charge on any atom is 0.308 e. The van der Waals surface area contributed by atoms with Gasteiger partial charge in [-0.05, 0) is 24.6 Å². The summed E-state index contributed by atoms with van der Waals surface area (Å²) in [6, 6.07) is 4.95. The first-order valence-corrected chi connectivity index (χ1v) is 7.08. The highest BCUT2D eigenvalue weighted by atomic mass is 79.9. The van der Waals surface area contributed by atoms with E-state index in [1.807, 2.05) is 6.92 Å². The van der Waals surface area contributed by atoms with Crippen molar-refractivity contribution in [3.8, 4) is 0 Å². The zero-order chi connectivity index (χ0) is 14.4. The molecular formula is C13H15BrClNO3. The van der Waals surface area contributed by atoms with E-state index < -0.39 is 11.9 Å². The van der Waals surface area contributed by atoms with E-state index in [1.165, 1.54) is 0 Å². The van der Waals surface area contributed by atoms with Crippen molar-refractivity contribution in [1.82, 2.24) is 5.32 Å². The number of carboxylic acids is 1. The molecule has 0 aliphatic heterocycles. The van der Waals surface area contributed by atoms with Gasteiger partial charge in [0.15, 0.2) is 0 Å². The van der Waals surface area contributed by atoms with E-state index in [-0.39, 0.29) is 12.5 Å². The SMILES string of the molecule is CCCC(CNC(=O)c1cc(Br)ccc1Cl)C(=O)O. The molecule has 0 heterocycles. The molecule has 4 nitrogen and oxygen atoms in total. The van der Waals surface area contributed by atoms with Gasteiger partial charge in [-0.1, -0.05) is 40.9 Å². The van der Waals surface area contributed by atoms with Crippen LogP contribution in [-0.2, 0) is 4.79 Å². The normalized spacial score (nSPS) is 11.9. The van der Waals surface area contributed by atoms with Gasteiger partial charge in [-0.3, -0.25) is 9.59 Å². The number of carbonyl (C=O) groups is 2. The second kappa shape index (κ2) is 7.50. The standard InChI is InChI=1S/C13H15BrClNO3/c1-2-3-8(13(18)19)7-16-12(17)10-6-9(14)4-5-11(10)15/h4-6,8H,2-3,7H2,1H3,(H,16,17)(H,18,19). The third-order valence-corrected chi connectivity index (χ3v) is 3.49. The molecule has 1 rings (SSSR count). The maximum absolute atomic E-state index is 11.9. The maximum atomic E-state index is 11.9. The summed E-state index contributed by atoms with van der Waals surface area (Å²) < 4.78 is 0.741. The fourth-order valence-electron chi connectivity index (χ4n) is 1.64. The molecule has 0 aliphatic carbocycles. The van der Waals surface area contributed by atoms with Crippen LogP contribution in [0.3, 0.4) is 0 Å². The Bertz CT molecular complexity index is 479. The van der Waals surface area contributed by atoms with Crippen LogP contribution in [0.5, 0.6) is 0 Å². The molecule has 0 spiro atoms. The van der Waals surface area contributed by atoms with Gasteiger partial charge in [-0.15, -0.1) is 0 Å². The van der Waals surface area contributed by atoms with Crippen molar-refractivity contribution in [3.05, 3.63) is 33.3 Å². The Labute approximate surface area is 125 Å².